The standard InChI is InChI=1S/C12H10BrFN2/c13-9-6-10(14)12(16-7-9)11(15)8-4-2-1-3-5-8/h1-7,11H,15H2/t11-/m1/s1. The van der Waals surface area contributed by atoms with E-state index in [9.17, 15) is 4.39 Å². The van der Waals surface area contributed by atoms with Crippen molar-refractivity contribution in [2.24, 2.45) is 5.73 Å². The van der Waals surface area contributed by atoms with Gasteiger partial charge in [0, 0.05) is 10.7 Å². The van der Waals surface area contributed by atoms with Crippen LogP contribution in [0.3, 0.4) is 0 Å². The van der Waals surface area contributed by atoms with Gasteiger partial charge in [0.05, 0.1) is 11.7 Å². The van der Waals surface area contributed by atoms with E-state index in [2.05, 4.69) is 20.9 Å². The zero-order chi connectivity index (χ0) is 11.5. The number of hydrogen-bond donors (Lipinski definition) is 1. The van der Waals surface area contributed by atoms with E-state index in [0.29, 0.717) is 4.47 Å². The van der Waals surface area contributed by atoms with Crippen LogP contribution in [0.15, 0.2) is 47.1 Å². The fourth-order valence-electron chi connectivity index (χ4n) is 1.47. The summed E-state index contributed by atoms with van der Waals surface area (Å²) in [7, 11) is 0. The van der Waals surface area contributed by atoms with Gasteiger partial charge in [-0.25, -0.2) is 4.39 Å². The summed E-state index contributed by atoms with van der Waals surface area (Å²) in [4.78, 5) is 4.01. The average molecular weight is 281 g/mol. The van der Waals surface area contributed by atoms with Crippen molar-refractivity contribution in [3.63, 3.8) is 0 Å². The van der Waals surface area contributed by atoms with Gasteiger partial charge >= 0.3 is 0 Å². The highest BCUT2D eigenvalue weighted by molar-refractivity contribution is 9.10. The van der Waals surface area contributed by atoms with Gasteiger partial charge in [0.15, 0.2) is 0 Å². The van der Waals surface area contributed by atoms with Gasteiger partial charge in [-0.05, 0) is 27.6 Å². The maximum atomic E-state index is 13.6. The predicted molar refractivity (Wildman–Crippen MR) is 64.4 cm³/mol. The third kappa shape index (κ3) is 2.28. The number of aromatic nitrogens is 1. The lowest BCUT2D eigenvalue weighted by molar-refractivity contribution is 0.585. The normalized spacial score (nSPS) is 12.4. The number of hydrogen-bond acceptors (Lipinski definition) is 2. The smallest absolute Gasteiger partial charge is 0.147 e. The second-order valence-corrected chi connectivity index (χ2v) is 4.32. The number of nitrogens with two attached hydrogens (primary N) is 1. The SMILES string of the molecule is N[C@H](c1ccccc1)c1ncc(Br)cc1F. The van der Waals surface area contributed by atoms with E-state index >= 15 is 0 Å². The molecule has 2 nitrogen and oxygen atoms in total. The van der Waals surface area contributed by atoms with Crippen LogP contribution in [-0.2, 0) is 0 Å². The first-order valence-corrected chi connectivity index (χ1v) is 5.59. The molecule has 82 valence electrons. The maximum Gasteiger partial charge on any atom is 0.147 e. The number of nitrogens with zero attached hydrogens (tertiary/aromatic N) is 1. The Morgan fingerprint density at radius 1 is 1.25 bits per heavy atom. The lowest BCUT2D eigenvalue weighted by Crippen LogP contribution is -2.15. The molecule has 0 fully saturated rings. The molecule has 0 amide bonds. The Morgan fingerprint density at radius 2 is 1.94 bits per heavy atom. The van der Waals surface area contributed by atoms with Crippen LogP contribution in [0, 0.1) is 5.82 Å². The Hall–Kier alpha value is -1.26. The van der Waals surface area contributed by atoms with Crippen LogP contribution in [0.4, 0.5) is 4.39 Å². The monoisotopic (exact) mass is 280 g/mol. The van der Waals surface area contributed by atoms with Crippen molar-refractivity contribution < 1.29 is 4.39 Å². The zero-order valence-electron chi connectivity index (χ0n) is 8.40. The largest absolute Gasteiger partial charge is 0.319 e. The van der Waals surface area contributed by atoms with Gasteiger partial charge < -0.3 is 5.73 Å². The summed E-state index contributed by atoms with van der Waals surface area (Å²) in [5, 5.41) is 0. The first-order valence-electron chi connectivity index (χ1n) is 4.80. The summed E-state index contributed by atoms with van der Waals surface area (Å²) >= 11 is 3.16. The lowest BCUT2D eigenvalue weighted by Gasteiger charge is -2.12. The van der Waals surface area contributed by atoms with Gasteiger partial charge in [0.1, 0.15) is 5.82 Å². The van der Waals surface area contributed by atoms with Crippen molar-refractivity contribution in [3.05, 3.63) is 64.1 Å². The topological polar surface area (TPSA) is 38.9 Å². The van der Waals surface area contributed by atoms with E-state index < -0.39 is 11.9 Å². The van der Waals surface area contributed by atoms with Crippen LogP contribution in [0.1, 0.15) is 17.3 Å². The first kappa shape index (κ1) is 11.2. The predicted octanol–water partition coefficient (Wildman–Crippen LogP) is 3.03. The minimum absolute atomic E-state index is 0.259. The summed E-state index contributed by atoms with van der Waals surface area (Å²) < 4.78 is 14.2. The van der Waals surface area contributed by atoms with E-state index in [1.165, 1.54) is 6.07 Å². The molecule has 0 saturated carbocycles. The Balaban J connectivity index is 2.38. The second kappa shape index (κ2) is 4.72. The molecule has 0 unspecified atom stereocenters. The highest BCUT2D eigenvalue weighted by Gasteiger charge is 2.14. The molecule has 2 aromatic rings. The van der Waals surface area contributed by atoms with Crippen molar-refractivity contribution >= 4 is 15.9 Å². The van der Waals surface area contributed by atoms with Crippen molar-refractivity contribution in [3.8, 4) is 0 Å². The Bertz CT molecular complexity index is 488. The molecule has 0 aliphatic carbocycles. The molecule has 0 saturated heterocycles. The molecule has 0 aliphatic rings. The molecule has 0 aliphatic heterocycles. The molecular weight excluding hydrogens is 271 g/mol. The molecule has 16 heavy (non-hydrogen) atoms. The van der Waals surface area contributed by atoms with Crippen molar-refractivity contribution in [2.45, 2.75) is 6.04 Å². The van der Waals surface area contributed by atoms with Gasteiger partial charge in [0.25, 0.3) is 0 Å². The van der Waals surface area contributed by atoms with Crippen LogP contribution in [-0.4, -0.2) is 4.98 Å². The minimum Gasteiger partial charge on any atom is -0.319 e. The zero-order valence-corrected chi connectivity index (χ0v) is 9.99. The van der Waals surface area contributed by atoms with Crippen molar-refractivity contribution in [2.75, 3.05) is 0 Å². The quantitative estimate of drug-likeness (QED) is 0.919. The highest BCUT2D eigenvalue weighted by Crippen LogP contribution is 2.21. The second-order valence-electron chi connectivity index (χ2n) is 3.41. The van der Waals surface area contributed by atoms with Gasteiger partial charge in [-0.2, -0.15) is 0 Å². The Labute approximate surface area is 101 Å². The van der Waals surface area contributed by atoms with E-state index in [1.54, 1.807) is 6.20 Å². The summed E-state index contributed by atoms with van der Waals surface area (Å²) in [6, 6.07) is 10.2. The van der Waals surface area contributed by atoms with Gasteiger partial charge in [-0.3, -0.25) is 4.98 Å². The Kier molecular flexibility index (Phi) is 3.31. The average Bonchev–Trinajstić information content (AvgIpc) is 2.29. The molecule has 1 atom stereocenters. The summed E-state index contributed by atoms with van der Waals surface area (Å²) in [5.74, 6) is -0.397. The van der Waals surface area contributed by atoms with E-state index in [-0.39, 0.29) is 5.69 Å². The molecule has 0 spiro atoms. The minimum atomic E-state index is -0.533. The summed E-state index contributed by atoms with van der Waals surface area (Å²) in [5.41, 5.74) is 7.05. The maximum absolute atomic E-state index is 13.6. The van der Waals surface area contributed by atoms with E-state index in [4.69, 9.17) is 5.73 Å². The number of pyridine rings is 1. The van der Waals surface area contributed by atoms with Crippen LogP contribution in [0.2, 0.25) is 0 Å². The highest BCUT2D eigenvalue weighted by atomic mass is 79.9. The third-order valence-electron chi connectivity index (χ3n) is 2.29. The van der Waals surface area contributed by atoms with Crippen LogP contribution >= 0.6 is 15.9 Å². The molecule has 1 aromatic heterocycles. The van der Waals surface area contributed by atoms with Gasteiger partial charge in [-0.15, -0.1) is 0 Å². The van der Waals surface area contributed by atoms with Crippen LogP contribution in [0.25, 0.3) is 0 Å². The number of halogens is 2. The number of rotatable bonds is 2. The molecule has 1 aromatic carbocycles. The molecule has 4 heteroatoms. The van der Waals surface area contributed by atoms with Gasteiger partial charge in [-0.1, -0.05) is 30.3 Å². The van der Waals surface area contributed by atoms with Crippen molar-refractivity contribution in [1.29, 1.82) is 0 Å². The van der Waals surface area contributed by atoms with E-state index in [0.717, 1.165) is 5.56 Å². The van der Waals surface area contributed by atoms with E-state index in [1.807, 2.05) is 30.3 Å². The fraction of sp³-hybridized carbons (Fsp3) is 0.0833. The van der Waals surface area contributed by atoms with Crippen LogP contribution < -0.4 is 5.73 Å². The molecule has 2 N–H and O–H groups in total. The Morgan fingerprint density at radius 3 is 2.56 bits per heavy atom. The third-order valence-corrected chi connectivity index (χ3v) is 2.72. The molecule has 0 radical (unpaired) electrons. The molecule has 1 heterocycles. The lowest BCUT2D eigenvalue weighted by atomic mass is 10.0. The molecule has 2 rings (SSSR count). The van der Waals surface area contributed by atoms with Crippen molar-refractivity contribution in [1.82, 2.24) is 4.98 Å². The first-order chi connectivity index (χ1) is 7.68. The van der Waals surface area contributed by atoms with Crippen LogP contribution in [0.5, 0.6) is 0 Å². The molecular formula is C12H10BrFN2. The number of benzene rings is 1. The fourth-order valence-corrected chi connectivity index (χ4v) is 1.78. The summed E-state index contributed by atoms with van der Waals surface area (Å²) in [6.45, 7) is 0. The van der Waals surface area contributed by atoms with Gasteiger partial charge in [0.2, 0.25) is 0 Å². The summed E-state index contributed by atoms with van der Waals surface area (Å²) in [6.07, 6.45) is 1.54. The molecule has 0 bridgehead atoms.